The zero-order valence-electron chi connectivity index (χ0n) is 24.6. The number of nitrogens with one attached hydrogen (secondary N) is 2. The first-order valence-corrected chi connectivity index (χ1v) is 16.4. The quantitative estimate of drug-likeness (QED) is 0.277. The zero-order chi connectivity index (χ0) is 31.6. The van der Waals surface area contributed by atoms with E-state index in [1.54, 1.807) is 24.3 Å². The molecule has 44 heavy (non-hydrogen) atoms. The molecule has 1 aliphatic carbocycles. The number of anilines is 2. The predicted octanol–water partition coefficient (Wildman–Crippen LogP) is 3.84. The summed E-state index contributed by atoms with van der Waals surface area (Å²) < 4.78 is 71.1. The van der Waals surface area contributed by atoms with Gasteiger partial charge in [0.05, 0.1) is 47.7 Å². The Balaban J connectivity index is 1.32. The lowest BCUT2D eigenvalue weighted by Gasteiger charge is -2.35. The molecular formula is C31H37F3N4O5S. The lowest BCUT2D eigenvalue weighted by atomic mass is 9.90. The average molecular weight is 635 g/mol. The Morgan fingerprint density at radius 1 is 1.02 bits per heavy atom. The number of hydrogen-bond donors (Lipinski definition) is 4. The van der Waals surface area contributed by atoms with Crippen LogP contribution in [0.1, 0.15) is 31.4 Å². The monoisotopic (exact) mass is 634 g/mol. The number of halogens is 3. The fraction of sp³-hybridized carbons (Fsp3) is 0.484. The van der Waals surface area contributed by atoms with Crippen LogP contribution in [0.2, 0.25) is 0 Å². The summed E-state index contributed by atoms with van der Waals surface area (Å²) in [5.41, 5.74) is 1.90. The molecule has 0 unspecified atom stereocenters. The number of fused-ring (bicyclic) bond motifs is 1. The Bertz CT molecular complexity index is 1650. The normalized spacial score (nSPS) is 22.9. The van der Waals surface area contributed by atoms with Crippen molar-refractivity contribution in [3.8, 4) is 17.6 Å². The Kier molecular flexibility index (Phi) is 9.36. The maximum Gasteiger partial charge on any atom is 0.406 e. The van der Waals surface area contributed by atoms with Crippen molar-refractivity contribution in [2.24, 2.45) is 0 Å². The van der Waals surface area contributed by atoms with Crippen molar-refractivity contribution in [1.82, 2.24) is 9.47 Å². The standard InChI is InChI=1S/C31H37F3N4O5S/c1-43-30-16-23(44(2,41)42)12-13-26(30)35-14-4-5-22-15-24-25(6-3-7-27(24)38(22)19-31(32,33)34)36-20-8-10-21(11-9-20)37-17-28(39)29(40)18-37/h3,6-7,12-13,15-16,20-21,28-29,35-36,39-40H,8-11,14,17-19H2,1-2H3/t20-,21-,28-,29-/m0/s1. The molecule has 238 valence electrons. The first kappa shape index (κ1) is 32.0. The minimum Gasteiger partial charge on any atom is -0.495 e. The van der Waals surface area contributed by atoms with Crippen LogP contribution < -0.4 is 15.4 Å². The minimum atomic E-state index is -4.45. The molecule has 1 saturated heterocycles. The van der Waals surface area contributed by atoms with Crippen molar-refractivity contribution < 1.29 is 36.5 Å². The molecule has 2 heterocycles. The van der Waals surface area contributed by atoms with E-state index in [1.165, 1.54) is 23.8 Å². The van der Waals surface area contributed by atoms with Crippen molar-refractivity contribution in [1.29, 1.82) is 0 Å². The molecule has 1 aromatic heterocycles. The van der Waals surface area contributed by atoms with E-state index in [2.05, 4.69) is 27.4 Å². The van der Waals surface area contributed by atoms with Crippen molar-refractivity contribution in [3.05, 3.63) is 48.2 Å². The summed E-state index contributed by atoms with van der Waals surface area (Å²) >= 11 is 0. The third-order valence-electron chi connectivity index (χ3n) is 8.33. The van der Waals surface area contributed by atoms with Crippen molar-refractivity contribution >= 4 is 32.1 Å². The largest absolute Gasteiger partial charge is 0.495 e. The molecule has 0 radical (unpaired) electrons. The van der Waals surface area contributed by atoms with Crippen LogP contribution in [-0.4, -0.2) is 91.6 Å². The van der Waals surface area contributed by atoms with Gasteiger partial charge in [0, 0.05) is 48.6 Å². The maximum absolute atomic E-state index is 13.6. The number of rotatable bonds is 8. The SMILES string of the molecule is COc1cc(S(C)(=O)=O)ccc1NCC#Cc1cc2c(N[C@H]3CC[C@H](N4C[C@H](O)[C@@H](O)C4)CC3)cccc2n1CC(F)(F)F. The first-order chi connectivity index (χ1) is 20.8. The van der Waals surface area contributed by atoms with Gasteiger partial charge in [-0.25, -0.2) is 8.42 Å². The summed E-state index contributed by atoms with van der Waals surface area (Å²) in [6.45, 7) is -0.158. The number of likely N-dealkylation sites (tertiary alicyclic amines) is 1. The van der Waals surface area contributed by atoms with Crippen molar-refractivity contribution in [2.45, 2.75) is 67.6 Å². The lowest BCUT2D eigenvalue weighted by molar-refractivity contribution is -0.140. The third-order valence-corrected chi connectivity index (χ3v) is 9.44. The van der Waals surface area contributed by atoms with E-state index in [9.17, 15) is 31.8 Å². The summed E-state index contributed by atoms with van der Waals surface area (Å²) in [6, 6.07) is 11.8. The number of hydrogen-bond acceptors (Lipinski definition) is 8. The molecule has 9 nitrogen and oxygen atoms in total. The van der Waals surface area contributed by atoms with Gasteiger partial charge >= 0.3 is 6.18 Å². The molecule has 0 amide bonds. The van der Waals surface area contributed by atoms with E-state index >= 15 is 0 Å². The number of benzene rings is 2. The van der Waals surface area contributed by atoms with Gasteiger partial charge in [0.25, 0.3) is 0 Å². The summed E-state index contributed by atoms with van der Waals surface area (Å²) in [4.78, 5) is 2.25. The second-order valence-electron chi connectivity index (χ2n) is 11.5. The number of methoxy groups -OCH3 is 1. The Morgan fingerprint density at radius 2 is 1.73 bits per heavy atom. The number of alkyl halides is 3. The zero-order valence-corrected chi connectivity index (χ0v) is 25.4. The van der Waals surface area contributed by atoms with Crippen LogP contribution in [0, 0.1) is 11.8 Å². The molecule has 3 aromatic rings. The van der Waals surface area contributed by atoms with Crippen LogP contribution in [0.15, 0.2) is 47.4 Å². The van der Waals surface area contributed by atoms with Gasteiger partial charge < -0.3 is 30.2 Å². The molecule has 2 aliphatic rings. The smallest absolute Gasteiger partial charge is 0.406 e. The molecule has 2 aromatic carbocycles. The molecule has 1 saturated carbocycles. The van der Waals surface area contributed by atoms with Crippen LogP contribution in [0.5, 0.6) is 5.75 Å². The van der Waals surface area contributed by atoms with Crippen LogP contribution in [-0.2, 0) is 16.4 Å². The summed E-state index contributed by atoms with van der Waals surface area (Å²) in [5.74, 6) is 6.08. The highest BCUT2D eigenvalue weighted by atomic mass is 32.2. The number of aliphatic hydroxyl groups excluding tert-OH is 2. The van der Waals surface area contributed by atoms with Gasteiger partial charge in [0.15, 0.2) is 9.84 Å². The molecule has 5 rings (SSSR count). The van der Waals surface area contributed by atoms with Crippen LogP contribution in [0.25, 0.3) is 10.9 Å². The van der Waals surface area contributed by atoms with Gasteiger partial charge in [-0.2, -0.15) is 13.2 Å². The second-order valence-corrected chi connectivity index (χ2v) is 13.5. The highest BCUT2D eigenvalue weighted by Gasteiger charge is 2.35. The van der Waals surface area contributed by atoms with Gasteiger partial charge in [-0.3, -0.25) is 4.90 Å². The number of aromatic nitrogens is 1. The number of aliphatic hydroxyl groups is 2. The van der Waals surface area contributed by atoms with Crippen LogP contribution in [0.3, 0.4) is 0 Å². The summed E-state index contributed by atoms with van der Waals surface area (Å²) in [6.07, 6.45) is -1.27. The second kappa shape index (κ2) is 12.9. The van der Waals surface area contributed by atoms with Gasteiger partial charge in [0.1, 0.15) is 12.3 Å². The summed E-state index contributed by atoms with van der Waals surface area (Å²) in [5, 5.41) is 27.0. The Hall–Kier alpha value is -3.44. The number of β-amino-alcohol motifs (C(OH)–C–C–N with tert-alkyl or cyclic N) is 2. The Morgan fingerprint density at radius 3 is 2.36 bits per heavy atom. The predicted molar refractivity (Wildman–Crippen MR) is 163 cm³/mol. The fourth-order valence-electron chi connectivity index (χ4n) is 6.09. The van der Waals surface area contributed by atoms with Crippen molar-refractivity contribution in [3.63, 3.8) is 0 Å². The molecule has 4 N–H and O–H groups in total. The van der Waals surface area contributed by atoms with Gasteiger partial charge in [-0.15, -0.1) is 0 Å². The molecule has 0 spiro atoms. The van der Waals surface area contributed by atoms with E-state index in [0.29, 0.717) is 35.4 Å². The topological polar surface area (TPSA) is 116 Å². The third kappa shape index (κ3) is 7.43. The highest BCUT2D eigenvalue weighted by Crippen LogP contribution is 2.33. The first-order valence-electron chi connectivity index (χ1n) is 14.5. The van der Waals surface area contributed by atoms with E-state index in [1.807, 2.05) is 6.07 Å². The van der Waals surface area contributed by atoms with E-state index in [4.69, 9.17) is 4.74 Å². The van der Waals surface area contributed by atoms with E-state index in [0.717, 1.165) is 37.6 Å². The number of sulfone groups is 1. The van der Waals surface area contributed by atoms with Crippen molar-refractivity contribution in [2.75, 3.05) is 43.6 Å². The number of nitrogens with zero attached hydrogens (tertiary/aromatic N) is 2. The molecular weight excluding hydrogens is 597 g/mol. The van der Waals surface area contributed by atoms with Crippen LogP contribution in [0.4, 0.5) is 24.5 Å². The molecule has 13 heteroatoms. The molecule has 1 aliphatic heterocycles. The van der Waals surface area contributed by atoms with Gasteiger partial charge in [-0.1, -0.05) is 12.0 Å². The summed E-state index contributed by atoms with van der Waals surface area (Å²) in [7, 11) is -2.01. The number of ether oxygens (including phenoxy) is 1. The van der Waals surface area contributed by atoms with E-state index in [-0.39, 0.29) is 29.2 Å². The fourth-order valence-corrected chi connectivity index (χ4v) is 6.72. The van der Waals surface area contributed by atoms with Gasteiger partial charge in [0.2, 0.25) is 0 Å². The maximum atomic E-state index is 13.6. The molecule has 0 bridgehead atoms. The van der Waals surface area contributed by atoms with Crippen LogP contribution >= 0.6 is 0 Å². The van der Waals surface area contributed by atoms with E-state index < -0.39 is 34.8 Å². The van der Waals surface area contributed by atoms with Gasteiger partial charge in [-0.05, 0) is 61.9 Å². The molecule has 2 atom stereocenters. The highest BCUT2D eigenvalue weighted by molar-refractivity contribution is 7.90. The Labute approximate surface area is 254 Å². The molecule has 2 fully saturated rings. The minimum absolute atomic E-state index is 0.0849. The lowest BCUT2D eigenvalue weighted by Crippen LogP contribution is -2.39. The average Bonchev–Trinajstić information content (AvgIpc) is 3.49.